The second-order valence-corrected chi connectivity index (χ2v) is 8.67. The molecule has 0 fully saturated rings. The third-order valence-corrected chi connectivity index (χ3v) is 3.41. The quantitative estimate of drug-likeness (QED) is 0.422. The van der Waals surface area contributed by atoms with Crippen molar-refractivity contribution >= 4 is 19.3 Å². The first-order chi connectivity index (χ1) is 5.41. The molecule has 0 atom stereocenters. The normalized spacial score (nSPS) is 11.6. The predicted molar refractivity (Wildman–Crippen MR) is 48.2 cm³/mol. The minimum absolute atomic E-state index is 0.160. The van der Waals surface area contributed by atoms with Gasteiger partial charge in [0.1, 0.15) is 14.3 Å². The molecule has 12 heavy (non-hydrogen) atoms. The molecule has 0 saturated heterocycles. The zero-order valence-corrected chi connectivity index (χ0v) is 8.29. The molecule has 0 bridgehead atoms. The number of nitrogens with zero attached hydrogens (tertiary/aromatic N) is 2. The number of hydrogen-bond acceptors (Lipinski definition) is 3. The van der Waals surface area contributed by atoms with Crippen LogP contribution in [0.3, 0.4) is 0 Å². The van der Waals surface area contributed by atoms with Crippen molar-refractivity contribution in [2.45, 2.75) is 19.6 Å². The summed E-state index contributed by atoms with van der Waals surface area (Å²) in [6.45, 7) is 6.30. The van der Waals surface area contributed by atoms with Gasteiger partial charge >= 0.3 is 5.95 Å². The fourth-order valence-corrected chi connectivity index (χ4v) is 1.72. The maximum Gasteiger partial charge on any atom is 0.432 e. The Balaban J connectivity index is 3.00. The van der Waals surface area contributed by atoms with Crippen molar-refractivity contribution in [3.63, 3.8) is 0 Å². The minimum atomic E-state index is -1.48. The molecule has 0 spiro atoms. The first-order valence-corrected chi connectivity index (χ1v) is 7.11. The van der Waals surface area contributed by atoms with Gasteiger partial charge in [-0.2, -0.15) is 0 Å². The van der Waals surface area contributed by atoms with E-state index in [1.807, 2.05) is 0 Å². The van der Waals surface area contributed by atoms with Crippen LogP contribution in [0.1, 0.15) is 0 Å². The van der Waals surface area contributed by atoms with Crippen LogP contribution < -0.4 is 5.32 Å². The summed E-state index contributed by atoms with van der Waals surface area (Å²) in [7, 11) is -1.48. The van der Waals surface area contributed by atoms with E-state index < -0.39 is 13.0 Å². The van der Waals surface area contributed by atoms with Crippen LogP contribution in [0.2, 0.25) is 19.6 Å². The molecule has 1 aromatic rings. The van der Waals surface area contributed by atoms with Gasteiger partial charge in [-0.1, -0.05) is 24.6 Å². The Kier molecular flexibility index (Phi) is 2.01. The molecular formula is C6H11N3O2Si. The molecule has 1 aromatic heterocycles. The molecule has 1 N–H and O–H groups in total. The average Bonchev–Trinajstić information content (AvgIpc) is 2.30. The molecule has 6 heteroatoms. The van der Waals surface area contributed by atoms with E-state index in [1.165, 1.54) is 0 Å². The molecule has 0 aliphatic heterocycles. The highest BCUT2D eigenvalue weighted by atomic mass is 28.3. The van der Waals surface area contributed by atoms with Gasteiger partial charge < -0.3 is 10.1 Å². The van der Waals surface area contributed by atoms with Crippen LogP contribution in [-0.2, 0) is 0 Å². The van der Waals surface area contributed by atoms with Gasteiger partial charge in [0.25, 0.3) is 0 Å². The van der Waals surface area contributed by atoms with Crippen molar-refractivity contribution in [2.24, 2.45) is 0 Å². The monoisotopic (exact) mass is 185 g/mol. The molecule has 0 aliphatic rings. The van der Waals surface area contributed by atoms with E-state index in [-0.39, 0.29) is 5.95 Å². The van der Waals surface area contributed by atoms with E-state index in [1.54, 1.807) is 6.20 Å². The lowest BCUT2D eigenvalue weighted by Gasteiger charge is -2.08. The summed E-state index contributed by atoms with van der Waals surface area (Å²) in [6, 6.07) is 0. The van der Waals surface area contributed by atoms with Crippen LogP contribution >= 0.6 is 0 Å². The Labute approximate surface area is 71.0 Å². The van der Waals surface area contributed by atoms with Crippen molar-refractivity contribution in [1.29, 1.82) is 0 Å². The van der Waals surface area contributed by atoms with Gasteiger partial charge in [-0.3, -0.25) is 0 Å². The van der Waals surface area contributed by atoms with Gasteiger partial charge in [-0.25, -0.2) is 4.98 Å². The Hall–Kier alpha value is -1.17. The summed E-state index contributed by atoms with van der Waals surface area (Å²) >= 11 is 0. The molecule has 0 amide bonds. The molecule has 1 heterocycles. The summed E-state index contributed by atoms with van der Waals surface area (Å²) in [4.78, 5) is 16.1. The third kappa shape index (κ3) is 1.70. The van der Waals surface area contributed by atoms with Crippen molar-refractivity contribution in [2.75, 3.05) is 0 Å². The Morgan fingerprint density at radius 2 is 2.17 bits per heavy atom. The highest BCUT2D eigenvalue weighted by Gasteiger charge is 2.24. The summed E-state index contributed by atoms with van der Waals surface area (Å²) in [5.74, 6) is -0.160. The molecule has 0 saturated carbocycles. The summed E-state index contributed by atoms with van der Waals surface area (Å²) in [5.41, 5.74) is 0. The van der Waals surface area contributed by atoms with Crippen LogP contribution in [0.5, 0.6) is 0 Å². The fraction of sp³-hybridized carbons (Fsp3) is 0.500. The summed E-state index contributed by atoms with van der Waals surface area (Å²) in [6.07, 6.45) is 1.56. The van der Waals surface area contributed by atoms with Crippen LogP contribution in [0.15, 0.2) is 6.20 Å². The topological polar surface area (TPSA) is 71.8 Å². The predicted octanol–water partition coefficient (Wildman–Crippen LogP) is 0.863. The van der Waals surface area contributed by atoms with E-state index in [2.05, 4.69) is 29.6 Å². The molecule has 0 aliphatic carbocycles. The maximum atomic E-state index is 10.3. The highest BCUT2D eigenvalue weighted by molar-refractivity contribution is 6.88. The first kappa shape index (κ1) is 8.92. The van der Waals surface area contributed by atoms with Crippen LogP contribution in [0.4, 0.5) is 5.95 Å². The number of rotatable bonds is 2. The average molecular weight is 185 g/mol. The maximum absolute atomic E-state index is 10.3. The molecule has 5 nitrogen and oxygen atoms in total. The van der Waals surface area contributed by atoms with E-state index in [9.17, 15) is 10.1 Å². The SMILES string of the molecule is C[Si](C)(C)c1cnc([N+](=O)[O-])[nH]1. The molecule has 66 valence electrons. The van der Waals surface area contributed by atoms with Crippen LogP contribution in [-0.4, -0.2) is 23.0 Å². The van der Waals surface area contributed by atoms with Crippen molar-refractivity contribution < 1.29 is 4.92 Å². The number of nitrogens with one attached hydrogen (secondary N) is 1. The van der Waals surface area contributed by atoms with Crippen molar-refractivity contribution in [3.05, 3.63) is 16.3 Å². The molecule has 0 aromatic carbocycles. The van der Waals surface area contributed by atoms with E-state index in [0.717, 1.165) is 5.32 Å². The number of aromatic nitrogens is 2. The van der Waals surface area contributed by atoms with Gasteiger partial charge in [-0.15, -0.1) is 0 Å². The lowest BCUT2D eigenvalue weighted by Crippen LogP contribution is -2.38. The molecule has 0 radical (unpaired) electrons. The number of aromatic amines is 1. The van der Waals surface area contributed by atoms with Crippen molar-refractivity contribution in [3.8, 4) is 0 Å². The Morgan fingerprint density at radius 3 is 2.42 bits per heavy atom. The smallest absolute Gasteiger partial charge is 0.390 e. The van der Waals surface area contributed by atoms with Gasteiger partial charge in [0.2, 0.25) is 0 Å². The minimum Gasteiger partial charge on any atom is -0.390 e. The van der Waals surface area contributed by atoms with Gasteiger partial charge in [0, 0.05) is 0 Å². The third-order valence-electron chi connectivity index (χ3n) is 1.54. The Bertz CT molecular complexity index is 302. The van der Waals surface area contributed by atoms with Crippen LogP contribution in [0.25, 0.3) is 0 Å². The van der Waals surface area contributed by atoms with Crippen LogP contribution in [0, 0.1) is 10.1 Å². The first-order valence-electron chi connectivity index (χ1n) is 3.61. The molecule has 1 rings (SSSR count). The summed E-state index contributed by atoms with van der Waals surface area (Å²) in [5, 5.41) is 11.2. The Morgan fingerprint density at radius 1 is 1.58 bits per heavy atom. The van der Waals surface area contributed by atoms with E-state index in [4.69, 9.17) is 0 Å². The summed E-state index contributed by atoms with van der Waals surface area (Å²) < 4.78 is 0. The van der Waals surface area contributed by atoms with Gasteiger partial charge in [-0.05, 0) is 4.92 Å². The number of H-pyrrole nitrogens is 1. The van der Waals surface area contributed by atoms with Gasteiger partial charge in [0.05, 0.1) is 5.32 Å². The fourth-order valence-electron chi connectivity index (χ4n) is 0.785. The standard InChI is InChI=1S/C6H11N3O2Si/c1-12(2,3)5-4-7-6(8-5)9(10)11/h4H,1-3H3,(H,7,8). The second-order valence-electron chi connectivity index (χ2n) is 3.63. The number of nitro groups is 1. The van der Waals surface area contributed by atoms with E-state index in [0.29, 0.717) is 0 Å². The van der Waals surface area contributed by atoms with E-state index >= 15 is 0 Å². The largest absolute Gasteiger partial charge is 0.432 e. The van der Waals surface area contributed by atoms with Crippen molar-refractivity contribution in [1.82, 2.24) is 9.97 Å². The lowest BCUT2D eigenvalue weighted by atomic mass is 10.9. The number of imidazole rings is 1. The zero-order valence-electron chi connectivity index (χ0n) is 7.29. The van der Waals surface area contributed by atoms with Gasteiger partial charge in [0.15, 0.2) is 0 Å². The number of hydrogen-bond donors (Lipinski definition) is 1. The molecular weight excluding hydrogens is 174 g/mol. The highest BCUT2D eigenvalue weighted by Crippen LogP contribution is 2.04. The molecule has 0 unspecified atom stereocenters. The zero-order chi connectivity index (χ0) is 9.35. The second kappa shape index (κ2) is 2.70. The lowest BCUT2D eigenvalue weighted by molar-refractivity contribution is -0.393.